The molecule has 0 unspecified atom stereocenters. The van der Waals surface area contributed by atoms with Gasteiger partial charge in [-0.15, -0.1) is 0 Å². The zero-order chi connectivity index (χ0) is 11.3. The first kappa shape index (κ1) is 11.2. The summed E-state index contributed by atoms with van der Waals surface area (Å²) in [5, 5.41) is 3.75. The molecule has 0 spiro atoms. The van der Waals surface area contributed by atoms with Gasteiger partial charge in [-0.1, -0.05) is 23.8 Å². The molecule has 1 N–H and O–H groups in total. The van der Waals surface area contributed by atoms with E-state index in [-0.39, 0.29) is 0 Å². The Morgan fingerprint density at radius 3 is 2.80 bits per heavy atom. The lowest BCUT2D eigenvalue weighted by Crippen LogP contribution is -2.16. The van der Waals surface area contributed by atoms with Crippen molar-refractivity contribution < 1.29 is 9.53 Å². The average Bonchev–Trinajstić information content (AvgIpc) is 2.21. The second kappa shape index (κ2) is 5.14. The Labute approximate surface area is 88.9 Å². The van der Waals surface area contributed by atoms with Gasteiger partial charge in [0.25, 0.3) is 0 Å². The van der Waals surface area contributed by atoms with Gasteiger partial charge in [0, 0.05) is 0 Å². The Hall–Kier alpha value is -1.84. The van der Waals surface area contributed by atoms with Gasteiger partial charge >= 0.3 is 6.09 Å². The molecule has 1 rings (SSSR count). The lowest BCUT2D eigenvalue weighted by atomic mass is 10.1. The first-order valence-corrected chi connectivity index (χ1v) is 4.58. The highest BCUT2D eigenvalue weighted by Gasteiger charge is 1.96. The lowest BCUT2D eigenvalue weighted by Gasteiger charge is -2.01. The number of ether oxygens (including phenoxy) is 1. The van der Waals surface area contributed by atoms with E-state index in [0.717, 1.165) is 11.1 Å². The molecular formula is C11H14N2O2. The molecule has 1 amide bonds. The van der Waals surface area contributed by atoms with Crippen LogP contribution in [-0.4, -0.2) is 19.4 Å². The number of methoxy groups -OCH3 is 1. The fourth-order valence-electron chi connectivity index (χ4n) is 1.17. The van der Waals surface area contributed by atoms with Crippen LogP contribution in [0.25, 0.3) is 0 Å². The Morgan fingerprint density at radius 1 is 1.47 bits per heavy atom. The van der Waals surface area contributed by atoms with Crippen molar-refractivity contribution in [1.82, 2.24) is 5.43 Å². The Bertz CT molecular complexity index is 386. The summed E-state index contributed by atoms with van der Waals surface area (Å²) in [4.78, 5) is 10.7. The third kappa shape index (κ3) is 3.42. The van der Waals surface area contributed by atoms with Crippen LogP contribution in [-0.2, 0) is 4.74 Å². The summed E-state index contributed by atoms with van der Waals surface area (Å²) in [6, 6.07) is 6.00. The molecule has 0 heterocycles. The van der Waals surface area contributed by atoms with E-state index in [4.69, 9.17) is 0 Å². The summed E-state index contributed by atoms with van der Waals surface area (Å²) in [5.74, 6) is 0. The van der Waals surface area contributed by atoms with Crippen molar-refractivity contribution in [2.24, 2.45) is 5.10 Å². The predicted molar refractivity (Wildman–Crippen MR) is 59.1 cm³/mol. The molecule has 0 aliphatic heterocycles. The van der Waals surface area contributed by atoms with Crippen molar-refractivity contribution in [2.45, 2.75) is 13.8 Å². The Balaban J connectivity index is 2.68. The number of hydrazone groups is 1. The van der Waals surface area contributed by atoms with Gasteiger partial charge in [-0.25, -0.2) is 10.2 Å². The van der Waals surface area contributed by atoms with Crippen molar-refractivity contribution in [2.75, 3.05) is 7.11 Å². The zero-order valence-corrected chi connectivity index (χ0v) is 9.07. The van der Waals surface area contributed by atoms with E-state index in [2.05, 4.69) is 21.3 Å². The van der Waals surface area contributed by atoms with Gasteiger partial charge in [0.15, 0.2) is 0 Å². The third-order valence-electron chi connectivity index (χ3n) is 1.97. The van der Waals surface area contributed by atoms with E-state index < -0.39 is 6.09 Å². The number of aryl methyl sites for hydroxylation is 2. The molecule has 0 atom stereocenters. The SMILES string of the molecule is COC(=O)N/N=C\c1ccc(C)cc1C. The van der Waals surface area contributed by atoms with Crippen molar-refractivity contribution in [3.8, 4) is 0 Å². The largest absolute Gasteiger partial charge is 0.452 e. The fraction of sp³-hybridized carbons (Fsp3) is 0.273. The molecule has 4 nitrogen and oxygen atoms in total. The molecule has 80 valence electrons. The van der Waals surface area contributed by atoms with E-state index in [1.165, 1.54) is 12.7 Å². The van der Waals surface area contributed by atoms with E-state index in [1.807, 2.05) is 26.0 Å². The highest BCUT2D eigenvalue weighted by atomic mass is 16.5. The van der Waals surface area contributed by atoms with Gasteiger partial charge in [0.05, 0.1) is 13.3 Å². The summed E-state index contributed by atoms with van der Waals surface area (Å²) in [7, 11) is 1.29. The molecule has 0 saturated carbocycles. The molecule has 4 heteroatoms. The minimum absolute atomic E-state index is 0.573. The van der Waals surface area contributed by atoms with Crippen LogP contribution in [0.5, 0.6) is 0 Å². The van der Waals surface area contributed by atoms with Crippen LogP contribution in [0.3, 0.4) is 0 Å². The van der Waals surface area contributed by atoms with Crippen LogP contribution < -0.4 is 5.43 Å². The van der Waals surface area contributed by atoms with Crippen LogP contribution >= 0.6 is 0 Å². The molecule has 0 aliphatic carbocycles. The molecule has 0 aromatic heterocycles. The molecule has 0 bridgehead atoms. The van der Waals surface area contributed by atoms with Crippen molar-refractivity contribution in [3.63, 3.8) is 0 Å². The standard InChI is InChI=1S/C11H14N2O2/c1-8-4-5-10(9(2)6-8)7-12-13-11(14)15-3/h4-7H,1-3H3,(H,13,14)/b12-7-. The molecule has 1 aromatic carbocycles. The van der Waals surface area contributed by atoms with Crippen molar-refractivity contribution in [1.29, 1.82) is 0 Å². The summed E-state index contributed by atoms with van der Waals surface area (Å²) < 4.78 is 4.37. The minimum Gasteiger partial charge on any atom is -0.452 e. The second-order valence-electron chi connectivity index (χ2n) is 3.22. The number of carbonyl (C=O) groups is 1. The van der Waals surface area contributed by atoms with Crippen molar-refractivity contribution in [3.05, 3.63) is 34.9 Å². The van der Waals surface area contributed by atoms with Gasteiger partial charge in [-0.05, 0) is 25.0 Å². The van der Waals surface area contributed by atoms with E-state index in [0.29, 0.717) is 0 Å². The number of hydrogen-bond acceptors (Lipinski definition) is 3. The maximum absolute atomic E-state index is 10.7. The van der Waals surface area contributed by atoms with Gasteiger partial charge < -0.3 is 4.74 Å². The summed E-state index contributed by atoms with van der Waals surface area (Å²) in [6.45, 7) is 4.02. The first-order chi connectivity index (χ1) is 7.13. The van der Waals surface area contributed by atoms with Crippen LogP contribution in [0.4, 0.5) is 4.79 Å². The number of nitrogens with zero attached hydrogens (tertiary/aromatic N) is 1. The smallest absolute Gasteiger partial charge is 0.427 e. The van der Waals surface area contributed by atoms with E-state index in [1.54, 1.807) is 6.21 Å². The maximum Gasteiger partial charge on any atom is 0.427 e. The quantitative estimate of drug-likeness (QED) is 0.594. The summed E-state index contributed by atoms with van der Waals surface area (Å²) in [5.41, 5.74) is 5.52. The number of benzene rings is 1. The topological polar surface area (TPSA) is 50.7 Å². The molecular weight excluding hydrogens is 192 g/mol. The number of hydrogen-bond donors (Lipinski definition) is 1. The van der Waals surface area contributed by atoms with E-state index >= 15 is 0 Å². The van der Waals surface area contributed by atoms with E-state index in [9.17, 15) is 4.79 Å². The van der Waals surface area contributed by atoms with Crippen LogP contribution in [0.1, 0.15) is 16.7 Å². The first-order valence-electron chi connectivity index (χ1n) is 4.58. The highest BCUT2D eigenvalue weighted by molar-refractivity contribution is 5.82. The number of amides is 1. The van der Waals surface area contributed by atoms with Crippen LogP contribution in [0, 0.1) is 13.8 Å². The van der Waals surface area contributed by atoms with Crippen molar-refractivity contribution >= 4 is 12.3 Å². The maximum atomic E-state index is 10.7. The monoisotopic (exact) mass is 206 g/mol. The van der Waals surface area contributed by atoms with Crippen LogP contribution in [0.15, 0.2) is 23.3 Å². The normalized spacial score (nSPS) is 10.3. The summed E-state index contributed by atoms with van der Waals surface area (Å²) >= 11 is 0. The number of rotatable bonds is 2. The van der Waals surface area contributed by atoms with Crippen LogP contribution in [0.2, 0.25) is 0 Å². The molecule has 0 fully saturated rings. The third-order valence-corrected chi connectivity index (χ3v) is 1.97. The molecule has 1 aromatic rings. The molecule has 15 heavy (non-hydrogen) atoms. The summed E-state index contributed by atoms with van der Waals surface area (Å²) in [6.07, 6.45) is 1.02. The molecule has 0 aliphatic rings. The molecule has 0 saturated heterocycles. The average molecular weight is 206 g/mol. The van der Waals surface area contributed by atoms with Gasteiger partial charge in [-0.3, -0.25) is 0 Å². The number of nitrogens with one attached hydrogen (secondary N) is 1. The lowest BCUT2D eigenvalue weighted by molar-refractivity contribution is 0.171. The Morgan fingerprint density at radius 2 is 2.20 bits per heavy atom. The minimum atomic E-state index is -0.573. The molecule has 0 radical (unpaired) electrons. The Kier molecular flexibility index (Phi) is 3.85. The van der Waals surface area contributed by atoms with Gasteiger partial charge in [-0.2, -0.15) is 5.10 Å². The second-order valence-corrected chi connectivity index (χ2v) is 3.22. The van der Waals surface area contributed by atoms with Gasteiger partial charge in [0.1, 0.15) is 0 Å². The number of carbonyl (C=O) groups excluding carboxylic acids is 1. The highest BCUT2D eigenvalue weighted by Crippen LogP contribution is 2.07. The zero-order valence-electron chi connectivity index (χ0n) is 9.07. The fourth-order valence-corrected chi connectivity index (χ4v) is 1.17. The van der Waals surface area contributed by atoms with Gasteiger partial charge in [0.2, 0.25) is 0 Å². The predicted octanol–water partition coefficient (Wildman–Crippen LogP) is 1.99.